The summed E-state index contributed by atoms with van der Waals surface area (Å²) in [4.78, 5) is 3.24. The van der Waals surface area contributed by atoms with Crippen molar-refractivity contribution in [2.75, 3.05) is 0 Å². The molecule has 4 heteroatoms. The molecule has 0 aliphatic rings. The zero-order valence-electron chi connectivity index (χ0n) is 8.70. The maximum atomic E-state index is 5.68. The summed E-state index contributed by atoms with van der Waals surface area (Å²) < 4.78 is 0. The smallest absolute Gasteiger partial charge is 0.0716 e. The summed E-state index contributed by atoms with van der Waals surface area (Å²) in [7, 11) is 0. The van der Waals surface area contributed by atoms with Crippen LogP contribution in [0.2, 0.25) is 0 Å². The number of benzene rings is 1. The van der Waals surface area contributed by atoms with Gasteiger partial charge in [0.05, 0.1) is 11.9 Å². The third kappa shape index (κ3) is 1.24. The molecule has 4 N–H and O–H groups in total. The van der Waals surface area contributed by atoms with Crippen molar-refractivity contribution in [1.29, 1.82) is 0 Å². The summed E-state index contributed by atoms with van der Waals surface area (Å²) >= 11 is 0. The van der Waals surface area contributed by atoms with Gasteiger partial charge in [-0.25, -0.2) is 0 Å². The molecule has 3 aromatic rings. The van der Waals surface area contributed by atoms with Gasteiger partial charge in [0.15, 0.2) is 0 Å². The van der Waals surface area contributed by atoms with Crippen LogP contribution < -0.4 is 5.73 Å². The molecule has 0 spiro atoms. The molecule has 0 fully saturated rings. The van der Waals surface area contributed by atoms with Crippen molar-refractivity contribution >= 4 is 10.9 Å². The molecule has 0 aliphatic heterocycles. The van der Waals surface area contributed by atoms with Gasteiger partial charge in [-0.15, -0.1) is 0 Å². The average molecular weight is 212 g/mol. The van der Waals surface area contributed by atoms with E-state index >= 15 is 0 Å². The second-order valence-corrected chi connectivity index (χ2v) is 3.72. The topological polar surface area (TPSA) is 70.5 Å². The summed E-state index contributed by atoms with van der Waals surface area (Å²) in [6.45, 7) is 0.491. The lowest BCUT2D eigenvalue weighted by molar-refractivity contribution is 1.08. The van der Waals surface area contributed by atoms with Gasteiger partial charge < -0.3 is 10.7 Å². The van der Waals surface area contributed by atoms with Gasteiger partial charge in [0.2, 0.25) is 0 Å². The molecular weight excluding hydrogens is 200 g/mol. The predicted molar refractivity (Wildman–Crippen MR) is 63.8 cm³/mol. The Balaban J connectivity index is 2.26. The molecule has 16 heavy (non-hydrogen) atoms. The molecule has 0 radical (unpaired) electrons. The Morgan fingerprint density at radius 3 is 3.00 bits per heavy atom. The van der Waals surface area contributed by atoms with Crippen LogP contribution in [0.15, 0.2) is 36.7 Å². The van der Waals surface area contributed by atoms with Crippen molar-refractivity contribution in [1.82, 2.24) is 15.2 Å². The van der Waals surface area contributed by atoms with E-state index in [1.54, 1.807) is 6.20 Å². The number of nitrogens with two attached hydrogens (primary N) is 1. The third-order valence-electron chi connectivity index (χ3n) is 2.80. The standard InChI is InChI=1S/C12H12N4/c13-5-8-6-15-16-12(8)10-7-14-11-4-2-1-3-9(10)11/h1-4,6-7,14H,5,13H2,(H,15,16). The molecule has 0 amide bonds. The summed E-state index contributed by atoms with van der Waals surface area (Å²) in [5.41, 5.74) is 9.95. The van der Waals surface area contributed by atoms with E-state index in [-0.39, 0.29) is 0 Å². The highest BCUT2D eigenvalue weighted by molar-refractivity contribution is 5.95. The molecule has 2 aromatic heterocycles. The Hall–Kier alpha value is -2.07. The summed E-state index contributed by atoms with van der Waals surface area (Å²) in [6.07, 6.45) is 3.76. The van der Waals surface area contributed by atoms with Crippen LogP contribution in [0.25, 0.3) is 22.2 Å². The minimum atomic E-state index is 0.491. The highest BCUT2D eigenvalue weighted by Gasteiger charge is 2.10. The molecule has 0 atom stereocenters. The zero-order valence-corrected chi connectivity index (χ0v) is 8.70. The van der Waals surface area contributed by atoms with Crippen molar-refractivity contribution in [2.24, 2.45) is 5.73 Å². The van der Waals surface area contributed by atoms with E-state index in [4.69, 9.17) is 5.73 Å². The summed E-state index contributed by atoms with van der Waals surface area (Å²) in [6, 6.07) is 8.18. The quantitative estimate of drug-likeness (QED) is 0.608. The number of H-pyrrole nitrogens is 2. The Morgan fingerprint density at radius 1 is 1.25 bits per heavy atom. The van der Waals surface area contributed by atoms with E-state index in [1.807, 2.05) is 18.3 Å². The largest absolute Gasteiger partial charge is 0.360 e. The number of aromatic nitrogens is 3. The van der Waals surface area contributed by atoms with Gasteiger partial charge in [0.1, 0.15) is 0 Å². The lowest BCUT2D eigenvalue weighted by Crippen LogP contribution is -1.96. The fraction of sp³-hybridized carbons (Fsp3) is 0.0833. The lowest BCUT2D eigenvalue weighted by Gasteiger charge is -1.98. The van der Waals surface area contributed by atoms with Crippen molar-refractivity contribution in [2.45, 2.75) is 6.54 Å². The molecule has 1 aromatic carbocycles. The maximum Gasteiger partial charge on any atom is 0.0716 e. The van der Waals surface area contributed by atoms with Gasteiger partial charge in [-0.3, -0.25) is 5.10 Å². The van der Waals surface area contributed by atoms with Crippen LogP contribution in [-0.2, 0) is 6.54 Å². The van der Waals surface area contributed by atoms with Gasteiger partial charge in [-0.2, -0.15) is 5.10 Å². The first-order valence-corrected chi connectivity index (χ1v) is 5.19. The summed E-state index contributed by atoms with van der Waals surface area (Å²) in [5.74, 6) is 0. The number of nitrogens with one attached hydrogen (secondary N) is 2. The fourth-order valence-electron chi connectivity index (χ4n) is 1.98. The number of hydrogen-bond acceptors (Lipinski definition) is 2. The van der Waals surface area contributed by atoms with Crippen LogP contribution in [-0.4, -0.2) is 15.2 Å². The van der Waals surface area contributed by atoms with Crippen molar-refractivity contribution < 1.29 is 0 Å². The number of nitrogens with zero attached hydrogens (tertiary/aromatic N) is 1. The number of hydrogen-bond donors (Lipinski definition) is 3. The van der Waals surface area contributed by atoms with Crippen LogP contribution in [0.5, 0.6) is 0 Å². The number of aromatic amines is 2. The van der Waals surface area contributed by atoms with Crippen molar-refractivity contribution in [3.63, 3.8) is 0 Å². The van der Waals surface area contributed by atoms with Crippen LogP contribution >= 0.6 is 0 Å². The molecule has 2 heterocycles. The molecular formula is C12H12N4. The van der Waals surface area contributed by atoms with Gasteiger partial charge in [0.25, 0.3) is 0 Å². The van der Waals surface area contributed by atoms with E-state index in [1.165, 1.54) is 5.39 Å². The Bertz CT molecular complexity index is 621. The first kappa shape index (κ1) is 9.18. The zero-order chi connectivity index (χ0) is 11.0. The maximum absolute atomic E-state index is 5.68. The van der Waals surface area contributed by atoms with Gasteiger partial charge >= 0.3 is 0 Å². The van der Waals surface area contributed by atoms with Crippen molar-refractivity contribution in [3.8, 4) is 11.3 Å². The monoisotopic (exact) mass is 212 g/mol. The molecule has 0 saturated heterocycles. The molecule has 0 bridgehead atoms. The van der Waals surface area contributed by atoms with Crippen LogP contribution in [0.3, 0.4) is 0 Å². The van der Waals surface area contributed by atoms with Gasteiger partial charge in [-0.1, -0.05) is 18.2 Å². The number of fused-ring (bicyclic) bond motifs is 1. The first-order valence-electron chi connectivity index (χ1n) is 5.19. The molecule has 4 nitrogen and oxygen atoms in total. The molecule has 80 valence electrons. The Morgan fingerprint density at radius 2 is 2.12 bits per heavy atom. The van der Waals surface area contributed by atoms with E-state index in [9.17, 15) is 0 Å². The second-order valence-electron chi connectivity index (χ2n) is 3.72. The first-order chi connectivity index (χ1) is 7.90. The highest BCUT2D eigenvalue weighted by Crippen LogP contribution is 2.28. The van der Waals surface area contributed by atoms with Crippen LogP contribution in [0, 0.1) is 0 Å². The molecule has 0 unspecified atom stereocenters. The number of rotatable bonds is 2. The fourth-order valence-corrected chi connectivity index (χ4v) is 1.98. The van der Waals surface area contributed by atoms with Crippen LogP contribution in [0.1, 0.15) is 5.56 Å². The van der Waals surface area contributed by atoms with Gasteiger partial charge in [-0.05, 0) is 6.07 Å². The Labute approximate surface area is 92.5 Å². The third-order valence-corrected chi connectivity index (χ3v) is 2.80. The van der Waals surface area contributed by atoms with Gasteiger partial charge in [0, 0.05) is 34.8 Å². The van der Waals surface area contributed by atoms with E-state index in [0.29, 0.717) is 6.54 Å². The summed E-state index contributed by atoms with van der Waals surface area (Å²) in [5, 5.41) is 8.22. The molecule has 0 saturated carbocycles. The van der Waals surface area contributed by atoms with Crippen LogP contribution in [0.4, 0.5) is 0 Å². The lowest BCUT2D eigenvalue weighted by atomic mass is 10.1. The van der Waals surface area contributed by atoms with E-state index in [2.05, 4.69) is 27.3 Å². The second kappa shape index (κ2) is 3.50. The SMILES string of the molecule is NCc1cn[nH]c1-c1c[nH]c2ccccc12. The minimum Gasteiger partial charge on any atom is -0.360 e. The predicted octanol–water partition coefficient (Wildman–Crippen LogP) is 2.02. The molecule has 3 rings (SSSR count). The number of para-hydroxylation sites is 1. The minimum absolute atomic E-state index is 0.491. The van der Waals surface area contributed by atoms with E-state index < -0.39 is 0 Å². The van der Waals surface area contributed by atoms with Crippen molar-refractivity contribution in [3.05, 3.63) is 42.2 Å². The molecule has 0 aliphatic carbocycles. The Kier molecular flexibility index (Phi) is 2.01. The normalized spacial score (nSPS) is 11.1. The van der Waals surface area contributed by atoms with E-state index in [0.717, 1.165) is 22.3 Å². The highest BCUT2D eigenvalue weighted by atomic mass is 15.1. The average Bonchev–Trinajstić information content (AvgIpc) is 2.94.